The highest BCUT2D eigenvalue weighted by Gasteiger charge is 2.31. The van der Waals surface area contributed by atoms with Gasteiger partial charge in [0, 0.05) is 20.2 Å². The van der Waals surface area contributed by atoms with Gasteiger partial charge in [-0.15, -0.1) is 0 Å². The highest BCUT2D eigenvalue weighted by Crippen LogP contribution is 2.34. The van der Waals surface area contributed by atoms with Crippen molar-refractivity contribution in [1.82, 2.24) is 10.3 Å². The first-order valence-corrected chi connectivity index (χ1v) is 10.4. The second-order valence-electron chi connectivity index (χ2n) is 8.27. The number of ether oxygens (including phenoxy) is 3. The number of nitrogens with zero attached hydrogens (tertiary/aromatic N) is 2. The fourth-order valence-corrected chi connectivity index (χ4v) is 3.24. The third-order valence-electron chi connectivity index (χ3n) is 5.24. The predicted molar refractivity (Wildman–Crippen MR) is 108 cm³/mol. The Hall–Kier alpha value is -2.42. The van der Waals surface area contributed by atoms with E-state index in [0.29, 0.717) is 24.8 Å². The van der Waals surface area contributed by atoms with Gasteiger partial charge in [0.1, 0.15) is 17.4 Å². The number of pyridine rings is 1. The summed E-state index contributed by atoms with van der Waals surface area (Å²) in [5, 5.41) is 2.61. The molecule has 0 bridgehead atoms. The monoisotopic (exact) mass is 423 g/mol. The quantitative estimate of drug-likeness (QED) is 0.546. The minimum absolute atomic E-state index is 0.107. The number of hydrogen-bond acceptors (Lipinski definition) is 7. The van der Waals surface area contributed by atoms with Gasteiger partial charge in [-0.25, -0.2) is 14.2 Å². The molecule has 1 saturated heterocycles. The number of aromatic nitrogens is 1. The Morgan fingerprint density at radius 2 is 2.03 bits per heavy atom. The molecule has 1 aromatic rings. The standard InChI is InChI=1S/C21H30FN3O5/c1-13(2)8-17(21(27)30-12-22)23-19(26)16-6-7-18(25-9-15(10-25)28-3)20(24-16)29-11-14-4-5-14/h6-7,13-15,17H,4-5,8-12H2,1-3H3,(H,23,26). The summed E-state index contributed by atoms with van der Waals surface area (Å²) in [5.74, 6) is -0.289. The molecule has 1 aliphatic heterocycles. The number of halogens is 1. The van der Waals surface area contributed by atoms with Crippen LogP contribution in [-0.4, -0.2) is 62.7 Å². The molecule has 30 heavy (non-hydrogen) atoms. The van der Waals surface area contributed by atoms with Gasteiger partial charge >= 0.3 is 5.97 Å². The van der Waals surface area contributed by atoms with Crippen LogP contribution in [0.3, 0.4) is 0 Å². The summed E-state index contributed by atoms with van der Waals surface area (Å²) in [5.41, 5.74) is 0.950. The second-order valence-corrected chi connectivity index (χ2v) is 8.27. The first-order valence-electron chi connectivity index (χ1n) is 10.4. The lowest BCUT2D eigenvalue weighted by atomic mass is 10.0. The molecule has 166 valence electrons. The number of esters is 1. The summed E-state index contributed by atoms with van der Waals surface area (Å²) in [6.45, 7) is 4.60. The molecule has 2 aliphatic rings. The minimum Gasteiger partial charge on any atom is -0.476 e. The molecule has 1 amide bonds. The summed E-state index contributed by atoms with van der Waals surface area (Å²) >= 11 is 0. The van der Waals surface area contributed by atoms with Gasteiger partial charge in [-0.05, 0) is 43.2 Å². The average Bonchev–Trinajstić information content (AvgIpc) is 3.50. The third-order valence-corrected chi connectivity index (χ3v) is 5.24. The molecule has 1 N–H and O–H groups in total. The molecule has 8 nitrogen and oxygen atoms in total. The van der Waals surface area contributed by atoms with Crippen LogP contribution < -0.4 is 15.0 Å². The summed E-state index contributed by atoms with van der Waals surface area (Å²) in [7, 11) is 1.68. The molecule has 2 heterocycles. The molecule has 1 aliphatic carbocycles. The smallest absolute Gasteiger partial charge is 0.330 e. The number of anilines is 1. The molecular formula is C21H30FN3O5. The van der Waals surface area contributed by atoms with Crippen LogP contribution in [0.25, 0.3) is 0 Å². The Bertz CT molecular complexity index is 750. The maximum atomic E-state index is 12.7. The van der Waals surface area contributed by atoms with Crippen molar-refractivity contribution in [2.24, 2.45) is 11.8 Å². The Labute approximate surface area is 176 Å². The number of carbonyl (C=O) groups is 2. The van der Waals surface area contributed by atoms with Gasteiger partial charge < -0.3 is 24.4 Å². The van der Waals surface area contributed by atoms with Crippen LogP contribution in [0.4, 0.5) is 10.1 Å². The van der Waals surface area contributed by atoms with E-state index in [-0.39, 0.29) is 17.7 Å². The van der Waals surface area contributed by atoms with E-state index in [1.165, 1.54) is 0 Å². The lowest BCUT2D eigenvalue weighted by molar-refractivity contribution is -0.150. The summed E-state index contributed by atoms with van der Waals surface area (Å²) in [6.07, 6.45) is 2.78. The molecule has 0 radical (unpaired) electrons. The van der Waals surface area contributed by atoms with Crippen molar-refractivity contribution >= 4 is 17.6 Å². The van der Waals surface area contributed by atoms with Crippen LogP contribution in [0, 0.1) is 11.8 Å². The molecule has 9 heteroatoms. The van der Waals surface area contributed by atoms with Crippen LogP contribution in [0.2, 0.25) is 0 Å². The van der Waals surface area contributed by atoms with Crippen LogP contribution in [0.15, 0.2) is 12.1 Å². The van der Waals surface area contributed by atoms with Gasteiger partial charge in [-0.1, -0.05) is 13.8 Å². The normalized spacial score (nSPS) is 17.4. The zero-order valence-electron chi connectivity index (χ0n) is 17.7. The van der Waals surface area contributed by atoms with Crippen molar-refractivity contribution in [3.8, 4) is 5.88 Å². The first kappa shape index (κ1) is 22.3. The van der Waals surface area contributed by atoms with Gasteiger partial charge in [0.25, 0.3) is 5.91 Å². The maximum Gasteiger partial charge on any atom is 0.330 e. The molecule has 1 unspecified atom stereocenters. The van der Waals surface area contributed by atoms with E-state index in [4.69, 9.17) is 9.47 Å². The SMILES string of the molecule is COC1CN(c2ccc(C(=O)NC(CC(C)C)C(=O)OCF)nc2OCC2CC2)C1. The van der Waals surface area contributed by atoms with E-state index in [9.17, 15) is 14.0 Å². The Morgan fingerprint density at radius 1 is 1.30 bits per heavy atom. The highest BCUT2D eigenvalue weighted by atomic mass is 19.1. The van der Waals surface area contributed by atoms with E-state index in [1.807, 2.05) is 13.8 Å². The topological polar surface area (TPSA) is 90.0 Å². The number of hydrogen-bond donors (Lipinski definition) is 1. The second kappa shape index (κ2) is 10.1. The van der Waals surface area contributed by atoms with Crippen molar-refractivity contribution in [3.63, 3.8) is 0 Å². The molecule has 0 spiro atoms. The van der Waals surface area contributed by atoms with Crippen LogP contribution >= 0.6 is 0 Å². The van der Waals surface area contributed by atoms with E-state index in [2.05, 4.69) is 19.9 Å². The van der Waals surface area contributed by atoms with Gasteiger partial charge in [-0.3, -0.25) is 4.79 Å². The zero-order chi connectivity index (χ0) is 21.7. The Morgan fingerprint density at radius 3 is 2.63 bits per heavy atom. The third kappa shape index (κ3) is 5.81. The van der Waals surface area contributed by atoms with Crippen molar-refractivity contribution < 1.29 is 28.2 Å². The largest absolute Gasteiger partial charge is 0.476 e. The van der Waals surface area contributed by atoms with Crippen LogP contribution in [-0.2, 0) is 14.3 Å². The van der Waals surface area contributed by atoms with E-state index >= 15 is 0 Å². The van der Waals surface area contributed by atoms with Crippen LogP contribution in [0.1, 0.15) is 43.6 Å². The summed E-state index contributed by atoms with van der Waals surface area (Å²) in [6, 6.07) is 2.46. The van der Waals surface area contributed by atoms with Gasteiger partial charge in [-0.2, -0.15) is 0 Å². The van der Waals surface area contributed by atoms with Crippen molar-refractivity contribution in [2.75, 3.05) is 38.6 Å². The lowest BCUT2D eigenvalue weighted by Crippen LogP contribution is -2.52. The molecule has 2 fully saturated rings. The van der Waals surface area contributed by atoms with Gasteiger partial charge in [0.05, 0.1) is 12.7 Å². The van der Waals surface area contributed by atoms with E-state index < -0.39 is 24.8 Å². The number of alkyl halides is 1. The number of methoxy groups -OCH3 is 1. The molecular weight excluding hydrogens is 393 g/mol. The number of amides is 1. The fraction of sp³-hybridized carbons (Fsp3) is 0.667. The number of rotatable bonds is 11. The number of carbonyl (C=O) groups excluding carboxylic acids is 2. The van der Waals surface area contributed by atoms with Gasteiger partial charge in [0.2, 0.25) is 12.7 Å². The van der Waals surface area contributed by atoms with Crippen molar-refractivity contribution in [3.05, 3.63) is 17.8 Å². The van der Waals surface area contributed by atoms with Gasteiger partial charge in [0.15, 0.2) is 0 Å². The highest BCUT2D eigenvalue weighted by molar-refractivity contribution is 5.95. The Balaban J connectivity index is 1.73. The predicted octanol–water partition coefficient (Wildman–Crippen LogP) is 2.32. The molecule has 1 saturated carbocycles. The Kier molecular flexibility index (Phi) is 7.47. The summed E-state index contributed by atoms with van der Waals surface area (Å²) < 4.78 is 28.1. The average molecular weight is 423 g/mol. The van der Waals surface area contributed by atoms with Crippen LogP contribution in [0.5, 0.6) is 5.88 Å². The summed E-state index contributed by atoms with van der Waals surface area (Å²) in [4.78, 5) is 31.3. The maximum absolute atomic E-state index is 12.7. The zero-order valence-corrected chi connectivity index (χ0v) is 17.7. The van der Waals surface area contributed by atoms with Crippen molar-refractivity contribution in [1.29, 1.82) is 0 Å². The molecule has 1 aromatic heterocycles. The molecule has 0 aromatic carbocycles. The lowest BCUT2D eigenvalue weighted by Gasteiger charge is -2.40. The fourth-order valence-electron chi connectivity index (χ4n) is 3.24. The molecule has 3 rings (SSSR count). The van der Waals surface area contributed by atoms with E-state index in [0.717, 1.165) is 31.6 Å². The van der Waals surface area contributed by atoms with Crippen molar-refractivity contribution in [2.45, 2.75) is 45.3 Å². The van der Waals surface area contributed by atoms with E-state index in [1.54, 1.807) is 19.2 Å². The minimum atomic E-state index is -1.23. The number of nitrogens with one attached hydrogen (secondary N) is 1. The first-order chi connectivity index (χ1) is 14.4. The molecule has 1 atom stereocenters.